The molecule has 2 aromatic rings. The molecular weight excluding hydrogens is 292 g/mol. The highest BCUT2D eigenvalue weighted by Crippen LogP contribution is 2.31. The molecule has 5 heteroatoms. The molecule has 0 bridgehead atoms. The molecule has 1 aromatic heterocycles. The van der Waals surface area contributed by atoms with Gasteiger partial charge >= 0.3 is 0 Å². The Kier molecular flexibility index (Phi) is 5.08. The zero-order chi connectivity index (χ0) is 15.4. The van der Waals surface area contributed by atoms with Crippen LogP contribution in [0, 0.1) is 0 Å². The van der Waals surface area contributed by atoms with Crippen molar-refractivity contribution in [2.45, 2.75) is 6.42 Å². The lowest BCUT2D eigenvalue weighted by Crippen LogP contribution is -2.45. The molecule has 22 heavy (non-hydrogen) atoms. The minimum absolute atomic E-state index is 1.01. The Bertz CT molecular complexity index is 588. The normalized spacial score (nSPS) is 16.8. The number of likely N-dealkylation sites (N-methyl/N-ethyl adjacent to an activating group) is 1. The number of piperazine rings is 1. The summed E-state index contributed by atoms with van der Waals surface area (Å²) in [5, 5.41) is 4.20. The van der Waals surface area contributed by atoms with Crippen LogP contribution < -0.4 is 5.32 Å². The van der Waals surface area contributed by atoms with Gasteiger partial charge in [-0.1, -0.05) is 30.3 Å². The standard InChI is InChI=1S/C17H24N4S/c1-18-17-19-16(14-6-4-3-5-7-14)15(22-17)8-9-21-12-10-20(2)11-13-21/h3-7H,8-13H2,1-2H3,(H,18,19). The van der Waals surface area contributed by atoms with Gasteiger partial charge in [-0.25, -0.2) is 4.98 Å². The van der Waals surface area contributed by atoms with Crippen LogP contribution in [-0.4, -0.2) is 61.6 Å². The van der Waals surface area contributed by atoms with Crippen molar-refractivity contribution in [1.29, 1.82) is 0 Å². The average Bonchev–Trinajstić information content (AvgIpc) is 2.98. The van der Waals surface area contributed by atoms with E-state index in [-0.39, 0.29) is 0 Å². The predicted octanol–water partition coefficient (Wildman–Crippen LogP) is 2.64. The van der Waals surface area contributed by atoms with Crippen LogP contribution in [0.1, 0.15) is 4.88 Å². The Balaban J connectivity index is 1.71. The number of hydrogen-bond acceptors (Lipinski definition) is 5. The van der Waals surface area contributed by atoms with Gasteiger partial charge in [0.2, 0.25) is 0 Å². The van der Waals surface area contributed by atoms with E-state index in [1.54, 1.807) is 11.3 Å². The molecule has 1 aliphatic rings. The molecule has 0 unspecified atom stereocenters. The third-order valence-electron chi connectivity index (χ3n) is 4.21. The van der Waals surface area contributed by atoms with Gasteiger partial charge in [0.05, 0.1) is 5.69 Å². The summed E-state index contributed by atoms with van der Waals surface area (Å²) in [7, 11) is 4.14. The molecule has 1 aromatic carbocycles. The first-order valence-corrected chi connectivity index (χ1v) is 8.71. The van der Waals surface area contributed by atoms with Crippen LogP contribution in [0.25, 0.3) is 11.3 Å². The lowest BCUT2D eigenvalue weighted by molar-refractivity contribution is 0.156. The topological polar surface area (TPSA) is 31.4 Å². The van der Waals surface area contributed by atoms with Crippen molar-refractivity contribution in [3.05, 3.63) is 35.2 Å². The van der Waals surface area contributed by atoms with E-state index in [9.17, 15) is 0 Å². The number of thiazole rings is 1. The lowest BCUT2D eigenvalue weighted by atomic mass is 10.1. The Labute approximate surface area is 136 Å². The van der Waals surface area contributed by atoms with E-state index in [0.29, 0.717) is 0 Å². The maximum Gasteiger partial charge on any atom is 0.183 e. The van der Waals surface area contributed by atoms with Crippen LogP contribution in [0.15, 0.2) is 30.3 Å². The predicted molar refractivity (Wildman–Crippen MR) is 94.7 cm³/mol. The maximum absolute atomic E-state index is 4.76. The summed E-state index contributed by atoms with van der Waals surface area (Å²) < 4.78 is 0. The van der Waals surface area contributed by atoms with Gasteiger partial charge in [-0.3, -0.25) is 0 Å². The van der Waals surface area contributed by atoms with E-state index < -0.39 is 0 Å². The molecule has 1 saturated heterocycles. The van der Waals surface area contributed by atoms with Crippen molar-refractivity contribution in [3.8, 4) is 11.3 Å². The van der Waals surface area contributed by atoms with Crippen molar-refractivity contribution >= 4 is 16.5 Å². The van der Waals surface area contributed by atoms with Crippen molar-refractivity contribution in [3.63, 3.8) is 0 Å². The van der Waals surface area contributed by atoms with E-state index >= 15 is 0 Å². The number of rotatable bonds is 5. The quantitative estimate of drug-likeness (QED) is 0.919. The Morgan fingerprint density at radius 2 is 1.86 bits per heavy atom. The van der Waals surface area contributed by atoms with Crippen molar-refractivity contribution in [2.75, 3.05) is 52.1 Å². The van der Waals surface area contributed by atoms with E-state index in [1.165, 1.54) is 36.6 Å². The van der Waals surface area contributed by atoms with Crippen LogP contribution in [-0.2, 0) is 6.42 Å². The van der Waals surface area contributed by atoms with Crippen LogP contribution >= 0.6 is 11.3 Å². The summed E-state index contributed by atoms with van der Waals surface area (Å²) in [5.74, 6) is 0. The fourth-order valence-corrected chi connectivity index (χ4v) is 3.71. The third kappa shape index (κ3) is 3.66. The molecule has 2 heterocycles. The van der Waals surface area contributed by atoms with E-state index in [0.717, 1.165) is 23.8 Å². The largest absolute Gasteiger partial charge is 0.365 e. The first-order chi connectivity index (χ1) is 10.8. The summed E-state index contributed by atoms with van der Waals surface area (Å²) in [6.07, 6.45) is 1.08. The van der Waals surface area contributed by atoms with E-state index in [2.05, 4.69) is 52.5 Å². The number of nitrogens with zero attached hydrogens (tertiary/aromatic N) is 3. The zero-order valence-electron chi connectivity index (χ0n) is 13.4. The first-order valence-electron chi connectivity index (χ1n) is 7.90. The molecular formula is C17H24N4S. The van der Waals surface area contributed by atoms with Gasteiger partial charge < -0.3 is 15.1 Å². The zero-order valence-corrected chi connectivity index (χ0v) is 14.2. The molecule has 0 saturated carbocycles. The molecule has 0 amide bonds. The van der Waals surface area contributed by atoms with Crippen molar-refractivity contribution in [1.82, 2.24) is 14.8 Å². The average molecular weight is 316 g/mol. The molecule has 0 radical (unpaired) electrons. The molecule has 0 atom stereocenters. The fraction of sp³-hybridized carbons (Fsp3) is 0.471. The van der Waals surface area contributed by atoms with Gasteiger partial charge in [0, 0.05) is 50.2 Å². The van der Waals surface area contributed by atoms with E-state index in [4.69, 9.17) is 4.98 Å². The third-order valence-corrected chi connectivity index (χ3v) is 5.34. The number of benzene rings is 1. The smallest absolute Gasteiger partial charge is 0.183 e. The second-order valence-electron chi connectivity index (χ2n) is 5.80. The van der Waals surface area contributed by atoms with Gasteiger partial charge in [-0.05, 0) is 13.5 Å². The second kappa shape index (κ2) is 7.22. The minimum Gasteiger partial charge on any atom is -0.365 e. The fourth-order valence-electron chi connectivity index (χ4n) is 2.78. The van der Waals surface area contributed by atoms with Crippen molar-refractivity contribution in [2.24, 2.45) is 0 Å². The second-order valence-corrected chi connectivity index (χ2v) is 6.89. The monoisotopic (exact) mass is 316 g/mol. The minimum atomic E-state index is 1.01. The molecule has 0 spiro atoms. The molecule has 1 N–H and O–H groups in total. The summed E-state index contributed by atoms with van der Waals surface area (Å²) in [6.45, 7) is 5.83. The highest BCUT2D eigenvalue weighted by Gasteiger charge is 2.16. The highest BCUT2D eigenvalue weighted by molar-refractivity contribution is 7.16. The van der Waals surface area contributed by atoms with Crippen LogP contribution in [0.4, 0.5) is 5.13 Å². The Morgan fingerprint density at radius 1 is 1.14 bits per heavy atom. The van der Waals surface area contributed by atoms with Gasteiger partial charge in [-0.15, -0.1) is 11.3 Å². The van der Waals surface area contributed by atoms with Gasteiger partial charge in [0.15, 0.2) is 5.13 Å². The Hall–Kier alpha value is -1.43. The molecule has 1 fully saturated rings. The molecule has 3 rings (SSSR count). The van der Waals surface area contributed by atoms with Crippen LogP contribution in [0.2, 0.25) is 0 Å². The number of nitrogens with one attached hydrogen (secondary N) is 1. The maximum atomic E-state index is 4.76. The SMILES string of the molecule is CNc1nc(-c2ccccc2)c(CCN2CCN(C)CC2)s1. The first kappa shape index (κ1) is 15.5. The van der Waals surface area contributed by atoms with Crippen LogP contribution in [0.3, 0.4) is 0 Å². The summed E-state index contributed by atoms with van der Waals surface area (Å²) in [6, 6.07) is 10.5. The summed E-state index contributed by atoms with van der Waals surface area (Å²) in [5.41, 5.74) is 2.36. The highest BCUT2D eigenvalue weighted by atomic mass is 32.1. The van der Waals surface area contributed by atoms with Crippen LogP contribution in [0.5, 0.6) is 0 Å². The number of anilines is 1. The number of aromatic nitrogens is 1. The van der Waals surface area contributed by atoms with Crippen molar-refractivity contribution < 1.29 is 0 Å². The lowest BCUT2D eigenvalue weighted by Gasteiger charge is -2.32. The van der Waals surface area contributed by atoms with Gasteiger partial charge in [0.1, 0.15) is 0 Å². The van der Waals surface area contributed by atoms with Gasteiger partial charge in [0.25, 0.3) is 0 Å². The molecule has 4 nitrogen and oxygen atoms in total. The van der Waals surface area contributed by atoms with E-state index in [1.807, 2.05) is 7.05 Å². The Morgan fingerprint density at radius 3 is 2.55 bits per heavy atom. The molecule has 118 valence electrons. The molecule has 0 aliphatic carbocycles. The number of hydrogen-bond donors (Lipinski definition) is 1. The molecule has 1 aliphatic heterocycles. The van der Waals surface area contributed by atoms with Gasteiger partial charge in [-0.2, -0.15) is 0 Å². The summed E-state index contributed by atoms with van der Waals surface area (Å²) in [4.78, 5) is 11.1. The summed E-state index contributed by atoms with van der Waals surface area (Å²) >= 11 is 1.78.